The first-order chi connectivity index (χ1) is 12.0. The van der Waals surface area contributed by atoms with Crippen LogP contribution < -0.4 is 15.0 Å². The zero-order chi connectivity index (χ0) is 18.0. The maximum Gasteiger partial charge on any atom is 0.281 e. The first-order valence-corrected chi connectivity index (χ1v) is 9.06. The van der Waals surface area contributed by atoms with Crippen LogP contribution in [0.2, 0.25) is 0 Å². The summed E-state index contributed by atoms with van der Waals surface area (Å²) >= 11 is 8.78. The van der Waals surface area contributed by atoms with Crippen molar-refractivity contribution in [3.05, 3.63) is 46.3 Å². The molecule has 0 saturated carbocycles. The lowest BCUT2D eigenvalue weighted by Crippen LogP contribution is -2.30. The maximum atomic E-state index is 12.7. The van der Waals surface area contributed by atoms with Crippen molar-refractivity contribution >= 4 is 50.9 Å². The topological polar surface area (TPSA) is 59.4 Å². The van der Waals surface area contributed by atoms with Crippen LogP contribution in [0.4, 0.5) is 5.69 Å². The highest BCUT2D eigenvalue weighted by molar-refractivity contribution is 9.10. The number of nitrogens with one attached hydrogen (secondary N) is 1. The number of thiocarbonyl (C=S) groups is 1. The van der Waals surface area contributed by atoms with Gasteiger partial charge in [-0.3, -0.25) is 14.4 Å². The first-order valence-electron chi connectivity index (χ1n) is 7.86. The molecule has 2 heterocycles. The van der Waals surface area contributed by atoms with Gasteiger partial charge in [-0.25, -0.2) is 0 Å². The summed E-state index contributed by atoms with van der Waals surface area (Å²) in [5.41, 5.74) is 1.75. The van der Waals surface area contributed by atoms with Crippen molar-refractivity contribution in [2.75, 3.05) is 11.5 Å². The van der Waals surface area contributed by atoms with E-state index in [2.05, 4.69) is 26.3 Å². The van der Waals surface area contributed by atoms with Gasteiger partial charge in [0.25, 0.3) is 5.91 Å². The van der Waals surface area contributed by atoms with Crippen molar-refractivity contribution in [1.82, 2.24) is 15.1 Å². The van der Waals surface area contributed by atoms with Gasteiger partial charge in [0.05, 0.1) is 16.8 Å². The van der Waals surface area contributed by atoms with Gasteiger partial charge < -0.3 is 10.1 Å². The van der Waals surface area contributed by atoms with E-state index in [1.165, 1.54) is 4.90 Å². The standard InChI is InChI=1S/C17H17BrN4O2S/c1-3-21-10-13(18)14(20-21)9-15-16(23)22(17(25)19-15)11-5-7-12(8-6-11)24-4-2/h5-10H,3-4H2,1-2H3,(H,19,25)/b15-9+. The number of aryl methyl sites for hydroxylation is 1. The summed E-state index contributed by atoms with van der Waals surface area (Å²) in [6.07, 6.45) is 3.56. The molecule has 0 aliphatic carbocycles. The molecule has 1 aromatic carbocycles. The number of anilines is 1. The molecule has 0 bridgehead atoms. The van der Waals surface area contributed by atoms with E-state index < -0.39 is 0 Å². The second-order valence-electron chi connectivity index (χ2n) is 5.27. The average Bonchev–Trinajstić information content (AvgIpc) is 3.09. The minimum absolute atomic E-state index is 0.216. The predicted molar refractivity (Wildman–Crippen MR) is 104 cm³/mol. The Morgan fingerprint density at radius 3 is 2.64 bits per heavy atom. The number of hydrogen-bond acceptors (Lipinski definition) is 4. The molecule has 6 nitrogen and oxygen atoms in total. The molecule has 0 atom stereocenters. The van der Waals surface area contributed by atoms with Crippen molar-refractivity contribution in [2.45, 2.75) is 20.4 Å². The van der Waals surface area contributed by atoms with Crippen LogP contribution in [0.5, 0.6) is 5.75 Å². The van der Waals surface area contributed by atoms with Gasteiger partial charge in [0.1, 0.15) is 17.1 Å². The van der Waals surface area contributed by atoms with Gasteiger partial charge >= 0.3 is 0 Å². The van der Waals surface area contributed by atoms with Crippen LogP contribution in [0.25, 0.3) is 6.08 Å². The minimum atomic E-state index is -0.216. The maximum absolute atomic E-state index is 12.7. The molecule has 1 aromatic heterocycles. The molecule has 130 valence electrons. The number of ether oxygens (including phenoxy) is 1. The summed E-state index contributed by atoms with van der Waals surface area (Å²) in [5.74, 6) is 0.536. The zero-order valence-electron chi connectivity index (χ0n) is 13.8. The molecule has 25 heavy (non-hydrogen) atoms. The van der Waals surface area contributed by atoms with Gasteiger partial charge in [0.2, 0.25) is 0 Å². The molecule has 1 aliphatic heterocycles. The SMILES string of the molecule is CCOc1ccc(N2C(=O)/C(=C\c3nn(CC)cc3Br)NC2=S)cc1. The molecule has 1 aliphatic rings. The van der Waals surface area contributed by atoms with Gasteiger partial charge in [0, 0.05) is 12.7 Å². The molecule has 1 saturated heterocycles. The van der Waals surface area contributed by atoms with Crippen molar-refractivity contribution < 1.29 is 9.53 Å². The number of amides is 1. The van der Waals surface area contributed by atoms with E-state index in [1.807, 2.05) is 44.3 Å². The normalized spacial score (nSPS) is 15.8. The fourth-order valence-electron chi connectivity index (χ4n) is 2.44. The molecular weight excluding hydrogens is 404 g/mol. The minimum Gasteiger partial charge on any atom is -0.494 e. The van der Waals surface area contributed by atoms with E-state index in [4.69, 9.17) is 17.0 Å². The summed E-state index contributed by atoms with van der Waals surface area (Å²) < 4.78 is 8.04. The number of aromatic nitrogens is 2. The molecule has 1 N–H and O–H groups in total. The Labute approximate surface area is 159 Å². The Morgan fingerprint density at radius 1 is 1.32 bits per heavy atom. The molecule has 8 heteroatoms. The van der Waals surface area contributed by atoms with Crippen LogP contribution in [0.15, 0.2) is 40.6 Å². The molecule has 3 rings (SSSR count). The quantitative estimate of drug-likeness (QED) is 0.593. The molecule has 2 aromatic rings. The number of halogens is 1. The second kappa shape index (κ2) is 7.37. The van der Waals surface area contributed by atoms with Crippen LogP contribution in [-0.4, -0.2) is 27.4 Å². The van der Waals surface area contributed by atoms with Crippen molar-refractivity contribution in [2.24, 2.45) is 0 Å². The third-order valence-electron chi connectivity index (χ3n) is 3.63. The van der Waals surface area contributed by atoms with E-state index in [0.717, 1.165) is 16.8 Å². The van der Waals surface area contributed by atoms with E-state index in [-0.39, 0.29) is 5.91 Å². The lowest BCUT2D eigenvalue weighted by atomic mass is 10.2. The monoisotopic (exact) mass is 420 g/mol. The van der Waals surface area contributed by atoms with E-state index in [1.54, 1.807) is 10.8 Å². The Balaban J connectivity index is 1.86. The van der Waals surface area contributed by atoms with Crippen molar-refractivity contribution in [3.8, 4) is 5.75 Å². The molecule has 1 amide bonds. The number of carbonyl (C=O) groups excluding carboxylic acids is 1. The van der Waals surface area contributed by atoms with E-state index in [9.17, 15) is 4.79 Å². The molecule has 0 radical (unpaired) electrons. The summed E-state index contributed by atoms with van der Waals surface area (Å²) in [4.78, 5) is 14.2. The first kappa shape index (κ1) is 17.6. The van der Waals surface area contributed by atoms with Crippen molar-refractivity contribution in [3.63, 3.8) is 0 Å². The highest BCUT2D eigenvalue weighted by Gasteiger charge is 2.32. The highest BCUT2D eigenvalue weighted by Crippen LogP contribution is 2.26. The fourth-order valence-corrected chi connectivity index (χ4v) is 3.16. The summed E-state index contributed by atoms with van der Waals surface area (Å²) in [6.45, 7) is 5.26. The Morgan fingerprint density at radius 2 is 2.04 bits per heavy atom. The lowest BCUT2D eigenvalue weighted by molar-refractivity contribution is -0.113. The van der Waals surface area contributed by atoms with Crippen LogP contribution in [0.3, 0.4) is 0 Å². The Bertz CT molecular complexity index is 845. The number of rotatable bonds is 5. The van der Waals surface area contributed by atoms with Crippen LogP contribution in [0, 0.1) is 0 Å². The third-order valence-corrected chi connectivity index (χ3v) is 4.53. The molecule has 0 spiro atoms. The van der Waals surface area contributed by atoms with Crippen LogP contribution in [-0.2, 0) is 11.3 Å². The van der Waals surface area contributed by atoms with Crippen LogP contribution in [0.1, 0.15) is 19.5 Å². The average molecular weight is 421 g/mol. The number of carbonyl (C=O) groups is 1. The predicted octanol–water partition coefficient (Wildman–Crippen LogP) is 3.33. The van der Waals surface area contributed by atoms with E-state index >= 15 is 0 Å². The zero-order valence-corrected chi connectivity index (χ0v) is 16.2. The molecular formula is C17H17BrN4O2S. The summed E-state index contributed by atoms with van der Waals surface area (Å²) in [7, 11) is 0. The number of nitrogens with zero attached hydrogens (tertiary/aromatic N) is 3. The smallest absolute Gasteiger partial charge is 0.281 e. The van der Waals surface area contributed by atoms with Gasteiger partial charge in [0.15, 0.2) is 5.11 Å². The molecule has 0 unspecified atom stereocenters. The molecule has 1 fully saturated rings. The second-order valence-corrected chi connectivity index (χ2v) is 6.51. The Hall–Kier alpha value is -2.19. The highest BCUT2D eigenvalue weighted by atomic mass is 79.9. The van der Waals surface area contributed by atoms with Gasteiger partial charge in [-0.05, 0) is 72.3 Å². The largest absolute Gasteiger partial charge is 0.494 e. The fraction of sp³-hybridized carbons (Fsp3) is 0.235. The number of benzene rings is 1. The van der Waals surface area contributed by atoms with Gasteiger partial charge in [-0.1, -0.05) is 0 Å². The summed E-state index contributed by atoms with van der Waals surface area (Å²) in [5, 5.41) is 7.71. The summed E-state index contributed by atoms with van der Waals surface area (Å²) in [6, 6.07) is 7.24. The van der Waals surface area contributed by atoms with Gasteiger partial charge in [-0.2, -0.15) is 5.10 Å². The third kappa shape index (κ3) is 3.59. The number of hydrogen-bond donors (Lipinski definition) is 1. The van der Waals surface area contributed by atoms with Crippen molar-refractivity contribution in [1.29, 1.82) is 0 Å². The van der Waals surface area contributed by atoms with Crippen LogP contribution >= 0.6 is 28.1 Å². The lowest BCUT2D eigenvalue weighted by Gasteiger charge is -2.14. The van der Waals surface area contributed by atoms with E-state index in [0.29, 0.717) is 28.8 Å². The Kier molecular flexibility index (Phi) is 5.19. The van der Waals surface area contributed by atoms with Gasteiger partial charge in [-0.15, -0.1) is 0 Å².